The van der Waals surface area contributed by atoms with Crippen molar-refractivity contribution in [3.63, 3.8) is 0 Å². The number of thiazole rings is 1. The van der Waals surface area contributed by atoms with E-state index in [9.17, 15) is 21.6 Å². The molecule has 1 aromatic heterocycles. The molecule has 0 N–H and O–H groups in total. The van der Waals surface area contributed by atoms with Gasteiger partial charge in [0.15, 0.2) is 5.13 Å². The molecule has 5 nitrogen and oxygen atoms in total. The van der Waals surface area contributed by atoms with Crippen molar-refractivity contribution < 1.29 is 21.6 Å². The SMILES string of the molecule is CCCc1ccc(-c2csc(N3CCN(S(=O)(=O)c4ccccc4C(F)(F)F)CC3)n2)cc1. The van der Waals surface area contributed by atoms with Crippen LogP contribution in [0.3, 0.4) is 0 Å². The van der Waals surface area contributed by atoms with Gasteiger partial charge in [-0.1, -0.05) is 49.7 Å². The minimum atomic E-state index is -4.74. The molecule has 2 heterocycles. The summed E-state index contributed by atoms with van der Waals surface area (Å²) < 4.78 is 67.0. The first kappa shape index (κ1) is 23.7. The molecule has 10 heteroatoms. The minimum Gasteiger partial charge on any atom is -0.345 e. The Labute approximate surface area is 195 Å². The fourth-order valence-electron chi connectivity index (χ4n) is 3.86. The molecule has 1 aliphatic heterocycles. The number of hydrogen-bond acceptors (Lipinski definition) is 5. The van der Waals surface area contributed by atoms with Crippen molar-refractivity contribution in [2.75, 3.05) is 31.1 Å². The zero-order valence-corrected chi connectivity index (χ0v) is 19.7. The number of nitrogens with zero attached hydrogens (tertiary/aromatic N) is 3. The van der Waals surface area contributed by atoms with Gasteiger partial charge in [-0.25, -0.2) is 13.4 Å². The monoisotopic (exact) mass is 495 g/mol. The predicted molar refractivity (Wildman–Crippen MR) is 124 cm³/mol. The van der Waals surface area contributed by atoms with Gasteiger partial charge < -0.3 is 4.90 Å². The maximum atomic E-state index is 13.3. The fraction of sp³-hybridized carbons (Fsp3) is 0.348. The Morgan fingerprint density at radius 2 is 1.67 bits per heavy atom. The summed E-state index contributed by atoms with van der Waals surface area (Å²) in [5.41, 5.74) is 2.01. The van der Waals surface area contributed by atoms with E-state index in [1.165, 1.54) is 29.0 Å². The summed E-state index contributed by atoms with van der Waals surface area (Å²) in [6, 6.07) is 12.6. The van der Waals surface area contributed by atoms with Gasteiger partial charge in [-0.3, -0.25) is 0 Å². The summed E-state index contributed by atoms with van der Waals surface area (Å²) in [6.45, 7) is 3.04. The first-order chi connectivity index (χ1) is 15.7. The number of piperazine rings is 1. The van der Waals surface area contributed by atoms with Crippen LogP contribution in [0.15, 0.2) is 58.8 Å². The fourth-order valence-corrected chi connectivity index (χ4v) is 6.38. The van der Waals surface area contributed by atoms with Gasteiger partial charge in [-0.2, -0.15) is 17.5 Å². The Morgan fingerprint density at radius 1 is 1.00 bits per heavy atom. The second kappa shape index (κ2) is 9.44. The summed E-state index contributed by atoms with van der Waals surface area (Å²) >= 11 is 1.47. The highest BCUT2D eigenvalue weighted by molar-refractivity contribution is 7.89. The Bertz CT molecular complexity index is 1200. The second-order valence-electron chi connectivity index (χ2n) is 7.85. The molecular formula is C23H24F3N3O2S2. The van der Waals surface area contributed by atoms with E-state index in [1.807, 2.05) is 22.4 Å². The Balaban J connectivity index is 1.46. The molecule has 0 spiro atoms. The highest BCUT2D eigenvalue weighted by Crippen LogP contribution is 2.36. The largest absolute Gasteiger partial charge is 0.417 e. The maximum absolute atomic E-state index is 13.3. The highest BCUT2D eigenvalue weighted by atomic mass is 32.2. The van der Waals surface area contributed by atoms with Crippen LogP contribution in [0.5, 0.6) is 0 Å². The third-order valence-electron chi connectivity index (χ3n) is 5.60. The average molecular weight is 496 g/mol. The molecule has 1 saturated heterocycles. The van der Waals surface area contributed by atoms with Crippen molar-refractivity contribution in [2.45, 2.75) is 30.8 Å². The minimum absolute atomic E-state index is 0.0924. The van der Waals surface area contributed by atoms with Crippen LogP contribution in [0.25, 0.3) is 11.3 Å². The van der Waals surface area contributed by atoms with E-state index >= 15 is 0 Å². The summed E-state index contributed by atoms with van der Waals surface area (Å²) in [4.78, 5) is 5.97. The van der Waals surface area contributed by atoms with Crippen molar-refractivity contribution >= 4 is 26.5 Å². The lowest BCUT2D eigenvalue weighted by Crippen LogP contribution is -2.48. The third kappa shape index (κ3) is 5.07. The molecule has 0 aliphatic carbocycles. The summed E-state index contributed by atoms with van der Waals surface area (Å²) in [5, 5.41) is 2.74. The summed E-state index contributed by atoms with van der Waals surface area (Å²) in [5.74, 6) is 0. The smallest absolute Gasteiger partial charge is 0.345 e. The van der Waals surface area contributed by atoms with Crippen molar-refractivity contribution in [1.82, 2.24) is 9.29 Å². The second-order valence-corrected chi connectivity index (χ2v) is 10.6. The maximum Gasteiger partial charge on any atom is 0.417 e. The van der Waals surface area contributed by atoms with Gasteiger partial charge >= 0.3 is 6.18 Å². The van der Waals surface area contributed by atoms with Crippen molar-refractivity contribution in [3.05, 3.63) is 65.0 Å². The standard InChI is InChI=1S/C23H24F3N3O2S2/c1-2-5-17-8-10-18(11-9-17)20-16-32-22(27-20)28-12-14-29(15-13-28)33(30,31)21-7-4-3-6-19(21)23(24,25)26/h3-4,6-11,16H,2,5,12-15H2,1H3. The lowest BCUT2D eigenvalue weighted by atomic mass is 10.1. The number of aryl methyl sites for hydroxylation is 1. The van der Waals surface area contributed by atoms with Crippen LogP contribution in [0.4, 0.5) is 18.3 Å². The van der Waals surface area contributed by atoms with E-state index in [1.54, 1.807) is 0 Å². The highest BCUT2D eigenvalue weighted by Gasteiger charge is 2.39. The molecule has 176 valence electrons. The number of sulfonamides is 1. The number of halogens is 3. The number of benzene rings is 2. The summed E-state index contributed by atoms with van der Waals surface area (Å²) in [7, 11) is -4.26. The molecule has 33 heavy (non-hydrogen) atoms. The van der Waals surface area contributed by atoms with Gasteiger partial charge in [0.25, 0.3) is 0 Å². The van der Waals surface area contributed by atoms with Gasteiger partial charge in [-0.15, -0.1) is 11.3 Å². The van der Waals surface area contributed by atoms with Crippen LogP contribution < -0.4 is 4.90 Å². The van der Waals surface area contributed by atoms with Crippen molar-refractivity contribution in [2.24, 2.45) is 0 Å². The molecule has 2 aromatic carbocycles. The zero-order valence-electron chi connectivity index (χ0n) is 18.0. The third-order valence-corrected chi connectivity index (χ3v) is 8.46. The van der Waals surface area contributed by atoms with Crippen molar-refractivity contribution in [1.29, 1.82) is 0 Å². The van der Waals surface area contributed by atoms with Crippen LogP contribution in [0.2, 0.25) is 0 Å². The van der Waals surface area contributed by atoms with Gasteiger partial charge in [0.1, 0.15) is 0 Å². The quantitative estimate of drug-likeness (QED) is 0.466. The molecule has 0 atom stereocenters. The Morgan fingerprint density at radius 3 is 2.30 bits per heavy atom. The zero-order chi connectivity index (χ0) is 23.6. The molecule has 0 radical (unpaired) electrons. The van der Waals surface area contributed by atoms with E-state index < -0.39 is 26.7 Å². The van der Waals surface area contributed by atoms with Crippen LogP contribution >= 0.6 is 11.3 Å². The molecule has 0 unspecified atom stereocenters. The number of aromatic nitrogens is 1. The van der Waals surface area contributed by atoms with Crippen molar-refractivity contribution in [3.8, 4) is 11.3 Å². The molecule has 0 amide bonds. The lowest BCUT2D eigenvalue weighted by molar-refractivity contribution is -0.139. The van der Waals surface area contributed by atoms with E-state index in [4.69, 9.17) is 4.98 Å². The lowest BCUT2D eigenvalue weighted by Gasteiger charge is -2.34. The summed E-state index contributed by atoms with van der Waals surface area (Å²) in [6.07, 6.45) is -2.62. The number of hydrogen-bond donors (Lipinski definition) is 0. The van der Waals surface area contributed by atoms with E-state index in [-0.39, 0.29) is 13.1 Å². The molecule has 4 rings (SSSR count). The van der Waals surface area contributed by atoms with E-state index in [2.05, 4.69) is 19.1 Å². The first-order valence-electron chi connectivity index (χ1n) is 10.7. The average Bonchev–Trinajstić information content (AvgIpc) is 3.30. The number of anilines is 1. The van der Waals surface area contributed by atoms with Gasteiger partial charge in [0.2, 0.25) is 10.0 Å². The first-order valence-corrected chi connectivity index (χ1v) is 13.0. The molecule has 3 aromatic rings. The topological polar surface area (TPSA) is 53.5 Å². The van der Waals surface area contributed by atoms with Crippen LogP contribution in [-0.2, 0) is 22.6 Å². The van der Waals surface area contributed by atoms with E-state index in [0.29, 0.717) is 13.1 Å². The van der Waals surface area contributed by atoms with E-state index in [0.717, 1.165) is 45.7 Å². The number of rotatable bonds is 6. The Hall–Kier alpha value is -2.43. The molecule has 0 bridgehead atoms. The van der Waals surface area contributed by atoms with Crippen LogP contribution in [0.1, 0.15) is 24.5 Å². The van der Waals surface area contributed by atoms with Gasteiger partial charge in [-0.05, 0) is 24.1 Å². The van der Waals surface area contributed by atoms with Crippen LogP contribution in [0, 0.1) is 0 Å². The predicted octanol–water partition coefficient (Wildman–Crippen LogP) is 5.29. The molecule has 1 fully saturated rings. The van der Waals surface area contributed by atoms with Crippen LogP contribution in [-0.4, -0.2) is 43.9 Å². The van der Waals surface area contributed by atoms with Gasteiger partial charge in [0, 0.05) is 37.1 Å². The Kier molecular flexibility index (Phi) is 6.78. The van der Waals surface area contributed by atoms with Gasteiger partial charge in [0.05, 0.1) is 16.2 Å². The number of alkyl halides is 3. The molecule has 0 saturated carbocycles. The normalized spacial score (nSPS) is 15.7. The molecule has 1 aliphatic rings. The molecular weight excluding hydrogens is 471 g/mol.